The van der Waals surface area contributed by atoms with Crippen molar-refractivity contribution in [3.63, 3.8) is 0 Å². The van der Waals surface area contributed by atoms with E-state index in [1.54, 1.807) is 0 Å². The van der Waals surface area contributed by atoms with Gasteiger partial charge in [0.05, 0.1) is 11.0 Å². The van der Waals surface area contributed by atoms with Gasteiger partial charge in [-0.2, -0.15) is 0 Å². The highest BCUT2D eigenvalue weighted by atomic mass is 15.0. The van der Waals surface area contributed by atoms with Gasteiger partial charge in [-0.3, -0.25) is 9.97 Å². The lowest BCUT2D eigenvalue weighted by molar-refractivity contribution is 1.08. The molecule has 4 heteroatoms. The van der Waals surface area contributed by atoms with Crippen LogP contribution < -0.4 is 10.6 Å². The lowest BCUT2D eigenvalue weighted by atomic mass is 10.1. The number of nitrogens with one attached hydrogen (secondary N) is 2. The average Bonchev–Trinajstić information content (AvgIpc) is 2.84. The third kappa shape index (κ3) is 3.36. The van der Waals surface area contributed by atoms with Crippen LogP contribution in [0.1, 0.15) is 0 Å². The lowest BCUT2D eigenvalue weighted by Crippen LogP contribution is -2.14. The van der Waals surface area contributed by atoms with Crippen molar-refractivity contribution >= 4 is 54.7 Å². The number of anilines is 2. The molecule has 32 heavy (non-hydrogen) atoms. The van der Waals surface area contributed by atoms with Crippen molar-refractivity contribution in [2.45, 2.75) is 0 Å². The molecule has 0 aliphatic rings. The Labute approximate surface area is 185 Å². The molecule has 0 radical (unpaired) electrons. The first-order valence-corrected chi connectivity index (χ1v) is 10.9. The number of benzene rings is 4. The summed E-state index contributed by atoms with van der Waals surface area (Å²) in [5.41, 5.74) is 4.23. The Hall–Kier alpha value is -4.18. The van der Waals surface area contributed by atoms with Crippen molar-refractivity contribution < 1.29 is 0 Å². The van der Waals surface area contributed by atoms with Crippen LogP contribution in [0, 0.1) is 0 Å². The van der Waals surface area contributed by atoms with Gasteiger partial charge in [-0.1, -0.05) is 48.5 Å². The number of pyridine rings is 2. The zero-order valence-electron chi connectivity index (χ0n) is 17.5. The van der Waals surface area contributed by atoms with Crippen molar-refractivity contribution in [1.82, 2.24) is 9.97 Å². The third-order valence-electron chi connectivity index (χ3n) is 5.97. The molecule has 2 aromatic heterocycles. The van der Waals surface area contributed by atoms with Gasteiger partial charge in [-0.25, -0.2) is 0 Å². The minimum absolute atomic E-state index is 0.795. The summed E-state index contributed by atoms with van der Waals surface area (Å²) in [4.78, 5) is 9.13. The summed E-state index contributed by atoms with van der Waals surface area (Å²) in [5, 5.41) is 14.3. The number of rotatable bonds is 5. The molecule has 0 bridgehead atoms. The van der Waals surface area contributed by atoms with E-state index in [2.05, 4.69) is 93.4 Å². The molecular formula is C28H22N4. The minimum atomic E-state index is 0.795. The third-order valence-corrected chi connectivity index (χ3v) is 5.97. The average molecular weight is 415 g/mol. The highest BCUT2D eigenvalue weighted by Gasteiger charge is 2.06. The number of hydrogen-bond acceptors (Lipinski definition) is 4. The normalized spacial score (nSPS) is 11.4. The highest BCUT2D eigenvalue weighted by molar-refractivity contribution is 6.03. The topological polar surface area (TPSA) is 49.8 Å². The largest absolute Gasteiger partial charge is 0.383 e. The summed E-state index contributed by atoms with van der Waals surface area (Å²) in [6.45, 7) is 1.59. The van der Waals surface area contributed by atoms with E-state index in [0.717, 1.165) is 46.3 Å². The summed E-state index contributed by atoms with van der Waals surface area (Å²) in [6, 6.07) is 29.7. The number of hydrogen-bond donors (Lipinski definition) is 2. The molecule has 4 aromatic carbocycles. The van der Waals surface area contributed by atoms with Gasteiger partial charge in [-0.05, 0) is 57.9 Å². The molecule has 0 unspecified atom stereocenters. The molecule has 4 nitrogen and oxygen atoms in total. The second-order valence-corrected chi connectivity index (χ2v) is 8.00. The van der Waals surface area contributed by atoms with Crippen molar-refractivity contribution in [2.24, 2.45) is 0 Å². The van der Waals surface area contributed by atoms with Crippen LogP contribution in [0.25, 0.3) is 43.4 Å². The predicted octanol–water partition coefficient (Wildman–Crippen LogP) is 6.61. The molecule has 0 amide bonds. The maximum absolute atomic E-state index is 4.56. The first-order valence-electron chi connectivity index (χ1n) is 10.9. The fraction of sp³-hybridized carbons (Fsp3) is 0.0714. The van der Waals surface area contributed by atoms with Crippen LogP contribution in [0.2, 0.25) is 0 Å². The standard InChI is InChI=1S/C28H22N4/c1-3-7-21-17-27-23(15-19(21)5-1)25(9-11-29-27)31-13-14-32-26-10-12-30-28-18-22-8-4-2-6-20(22)16-24(26)28/h1-12,15-18H,13-14H2,(H,29,31)(H,30,32). The lowest BCUT2D eigenvalue weighted by Gasteiger charge is -2.13. The maximum atomic E-state index is 4.56. The van der Waals surface area contributed by atoms with Gasteiger partial charge in [0.1, 0.15) is 0 Å². The van der Waals surface area contributed by atoms with E-state index < -0.39 is 0 Å². The molecule has 0 aliphatic carbocycles. The van der Waals surface area contributed by atoms with Gasteiger partial charge in [0.25, 0.3) is 0 Å². The predicted molar refractivity (Wildman–Crippen MR) is 135 cm³/mol. The SMILES string of the molecule is c1ccc2cc3c(NCCNc4ccnc5cc6ccccc6cc45)ccnc3cc2c1. The Morgan fingerprint density at radius 1 is 0.500 bits per heavy atom. The highest BCUT2D eigenvalue weighted by Crippen LogP contribution is 2.28. The van der Waals surface area contributed by atoms with Gasteiger partial charge in [0.15, 0.2) is 0 Å². The Kier molecular flexibility index (Phi) is 4.54. The number of nitrogens with zero attached hydrogens (tertiary/aromatic N) is 2. The Balaban J connectivity index is 1.22. The maximum Gasteiger partial charge on any atom is 0.0729 e. The van der Waals surface area contributed by atoms with E-state index in [4.69, 9.17) is 0 Å². The van der Waals surface area contributed by atoms with Crippen LogP contribution in [-0.2, 0) is 0 Å². The van der Waals surface area contributed by atoms with Crippen LogP contribution in [0.4, 0.5) is 11.4 Å². The van der Waals surface area contributed by atoms with E-state index in [-0.39, 0.29) is 0 Å². The van der Waals surface area contributed by atoms with Crippen LogP contribution in [-0.4, -0.2) is 23.1 Å². The summed E-state index contributed by atoms with van der Waals surface area (Å²) in [6.07, 6.45) is 3.74. The van der Waals surface area contributed by atoms with Crippen molar-refractivity contribution in [1.29, 1.82) is 0 Å². The molecule has 0 saturated carbocycles. The molecule has 0 atom stereocenters. The Morgan fingerprint density at radius 3 is 1.34 bits per heavy atom. The fourth-order valence-corrected chi connectivity index (χ4v) is 4.37. The minimum Gasteiger partial charge on any atom is -0.383 e. The Bertz CT molecular complexity index is 1470. The van der Waals surface area contributed by atoms with Crippen molar-refractivity contribution in [3.05, 3.63) is 97.3 Å². The molecule has 0 aliphatic heterocycles. The smallest absolute Gasteiger partial charge is 0.0729 e. The second-order valence-electron chi connectivity index (χ2n) is 8.00. The number of aromatic nitrogens is 2. The summed E-state index contributed by atoms with van der Waals surface area (Å²) in [7, 11) is 0. The summed E-state index contributed by atoms with van der Waals surface area (Å²) >= 11 is 0. The first kappa shape index (κ1) is 18.6. The van der Waals surface area contributed by atoms with E-state index in [0.29, 0.717) is 0 Å². The van der Waals surface area contributed by atoms with Crippen LogP contribution in [0.3, 0.4) is 0 Å². The monoisotopic (exact) mass is 414 g/mol. The van der Waals surface area contributed by atoms with Gasteiger partial charge >= 0.3 is 0 Å². The zero-order valence-corrected chi connectivity index (χ0v) is 17.5. The summed E-state index contributed by atoms with van der Waals surface area (Å²) < 4.78 is 0. The molecule has 2 heterocycles. The molecule has 6 aromatic rings. The van der Waals surface area contributed by atoms with E-state index in [1.165, 1.54) is 21.5 Å². The fourth-order valence-electron chi connectivity index (χ4n) is 4.37. The molecule has 0 spiro atoms. The van der Waals surface area contributed by atoms with Crippen LogP contribution in [0.15, 0.2) is 97.3 Å². The quantitative estimate of drug-likeness (QED) is 0.246. The summed E-state index contributed by atoms with van der Waals surface area (Å²) in [5.74, 6) is 0. The second kappa shape index (κ2) is 7.82. The van der Waals surface area contributed by atoms with Gasteiger partial charge in [0.2, 0.25) is 0 Å². The molecular weight excluding hydrogens is 392 g/mol. The molecule has 0 saturated heterocycles. The van der Waals surface area contributed by atoms with E-state index >= 15 is 0 Å². The van der Waals surface area contributed by atoms with E-state index in [1.807, 2.05) is 24.5 Å². The van der Waals surface area contributed by atoms with Gasteiger partial charge < -0.3 is 10.6 Å². The zero-order chi connectivity index (χ0) is 21.3. The Morgan fingerprint density at radius 2 is 0.906 bits per heavy atom. The van der Waals surface area contributed by atoms with Crippen molar-refractivity contribution in [2.75, 3.05) is 23.7 Å². The molecule has 2 N–H and O–H groups in total. The van der Waals surface area contributed by atoms with E-state index in [9.17, 15) is 0 Å². The van der Waals surface area contributed by atoms with Crippen LogP contribution in [0.5, 0.6) is 0 Å². The number of fused-ring (bicyclic) bond motifs is 4. The van der Waals surface area contributed by atoms with Gasteiger partial charge in [-0.15, -0.1) is 0 Å². The molecule has 154 valence electrons. The molecule has 6 rings (SSSR count). The first-order chi connectivity index (χ1) is 15.8. The molecule has 0 fully saturated rings. The van der Waals surface area contributed by atoms with Crippen molar-refractivity contribution in [3.8, 4) is 0 Å². The van der Waals surface area contributed by atoms with Crippen LogP contribution >= 0.6 is 0 Å². The van der Waals surface area contributed by atoms with Gasteiger partial charge in [0, 0.05) is 47.6 Å².